The van der Waals surface area contributed by atoms with Crippen molar-refractivity contribution < 1.29 is 23.5 Å². The molecule has 0 aliphatic rings. The largest absolute Gasteiger partial charge is 0.494 e. The molecule has 0 spiro atoms. The molecule has 0 bridgehead atoms. The average molecular weight is 385 g/mol. The minimum absolute atomic E-state index is 0.120. The summed E-state index contributed by atoms with van der Waals surface area (Å²) in [5.74, 6) is -1.33. The van der Waals surface area contributed by atoms with E-state index >= 15 is 0 Å². The predicted molar refractivity (Wildman–Crippen MR) is 105 cm³/mol. The van der Waals surface area contributed by atoms with Gasteiger partial charge in [0.2, 0.25) is 0 Å². The molecular weight excluding hydrogens is 361 g/mol. The number of amides is 1. The lowest BCUT2D eigenvalue weighted by Gasteiger charge is -2.16. The molecule has 6 heteroatoms. The van der Waals surface area contributed by atoms with E-state index in [9.17, 15) is 14.0 Å². The lowest BCUT2D eigenvalue weighted by Crippen LogP contribution is -2.37. The smallest absolute Gasteiger partial charge is 0.331 e. The molecule has 2 rings (SSSR count). The molecule has 0 aliphatic heterocycles. The van der Waals surface area contributed by atoms with Crippen LogP contribution < -0.4 is 10.1 Å². The number of nitrogens with one attached hydrogen (secondary N) is 1. The van der Waals surface area contributed by atoms with Crippen LogP contribution in [0, 0.1) is 5.82 Å². The number of esters is 1. The summed E-state index contributed by atoms with van der Waals surface area (Å²) in [4.78, 5) is 24.0. The minimum Gasteiger partial charge on any atom is -0.494 e. The lowest BCUT2D eigenvalue weighted by molar-refractivity contribution is -0.150. The number of benzene rings is 2. The van der Waals surface area contributed by atoms with Crippen molar-refractivity contribution in [3.8, 4) is 5.75 Å². The van der Waals surface area contributed by atoms with E-state index < -0.39 is 17.9 Å². The summed E-state index contributed by atoms with van der Waals surface area (Å²) in [5.41, 5.74) is 1.59. The number of rotatable bonds is 8. The second kappa shape index (κ2) is 10.3. The van der Waals surface area contributed by atoms with Gasteiger partial charge >= 0.3 is 5.97 Å². The van der Waals surface area contributed by atoms with Crippen molar-refractivity contribution in [2.75, 3.05) is 13.7 Å². The molecule has 0 unspecified atom stereocenters. The van der Waals surface area contributed by atoms with Crippen molar-refractivity contribution in [3.63, 3.8) is 0 Å². The molecular formula is C22H24FNO4. The van der Waals surface area contributed by atoms with Gasteiger partial charge in [0.1, 0.15) is 0 Å². The quantitative estimate of drug-likeness (QED) is 0.556. The van der Waals surface area contributed by atoms with Crippen LogP contribution in [-0.2, 0) is 14.3 Å². The van der Waals surface area contributed by atoms with E-state index in [1.807, 2.05) is 37.3 Å². The third-order valence-electron chi connectivity index (χ3n) is 4.20. The maximum atomic E-state index is 13.6. The molecule has 2 aromatic carbocycles. The monoisotopic (exact) mass is 385 g/mol. The lowest BCUT2D eigenvalue weighted by atomic mass is 10.0. The number of hydrogen-bond acceptors (Lipinski definition) is 4. The molecule has 1 amide bonds. The Kier molecular flexibility index (Phi) is 7.75. The molecule has 2 atom stereocenters. The van der Waals surface area contributed by atoms with Crippen LogP contribution >= 0.6 is 0 Å². The topological polar surface area (TPSA) is 64.6 Å². The normalized spacial score (nSPS) is 13.0. The zero-order valence-electron chi connectivity index (χ0n) is 16.1. The highest BCUT2D eigenvalue weighted by Gasteiger charge is 2.17. The van der Waals surface area contributed by atoms with E-state index in [2.05, 4.69) is 5.32 Å². The molecule has 0 heterocycles. The summed E-state index contributed by atoms with van der Waals surface area (Å²) in [5, 5.41) is 2.78. The number of methoxy groups -OCH3 is 1. The fraction of sp³-hybridized carbons (Fsp3) is 0.273. The number of carbonyl (C=O) groups excluding carboxylic acids is 2. The molecule has 0 saturated heterocycles. The first-order valence-electron chi connectivity index (χ1n) is 8.95. The predicted octanol–water partition coefficient (Wildman–Crippen LogP) is 3.70. The van der Waals surface area contributed by atoms with E-state index in [1.165, 1.54) is 32.2 Å². The second-order valence-corrected chi connectivity index (χ2v) is 6.36. The van der Waals surface area contributed by atoms with Gasteiger partial charge in [-0.3, -0.25) is 4.79 Å². The molecule has 148 valence electrons. The van der Waals surface area contributed by atoms with Crippen molar-refractivity contribution >= 4 is 18.0 Å². The molecule has 0 saturated carbocycles. The summed E-state index contributed by atoms with van der Waals surface area (Å²) in [6.07, 6.45) is 1.62. The third kappa shape index (κ3) is 6.23. The van der Waals surface area contributed by atoms with Crippen molar-refractivity contribution in [2.24, 2.45) is 0 Å². The maximum Gasteiger partial charge on any atom is 0.331 e. The van der Waals surface area contributed by atoms with Gasteiger partial charge in [-0.2, -0.15) is 0 Å². The minimum atomic E-state index is -0.937. The van der Waals surface area contributed by atoms with E-state index in [-0.39, 0.29) is 17.6 Å². The van der Waals surface area contributed by atoms with Gasteiger partial charge in [0.05, 0.1) is 7.11 Å². The standard InChI is InChI=1S/C22H24FNO4/c1-15(18-7-5-4-6-8-18)14-24-22(26)16(2)28-21(25)12-10-17-9-11-20(27-3)19(23)13-17/h4-13,15-16H,14H2,1-3H3,(H,24,26)/b12-10+/t15-,16-/m1/s1. The Balaban J connectivity index is 1.82. The summed E-state index contributed by atoms with van der Waals surface area (Å²) >= 11 is 0. The Morgan fingerprint density at radius 1 is 1.14 bits per heavy atom. The van der Waals surface area contributed by atoms with Crippen LogP contribution in [0.25, 0.3) is 6.08 Å². The van der Waals surface area contributed by atoms with Gasteiger partial charge in [-0.25, -0.2) is 9.18 Å². The maximum absolute atomic E-state index is 13.6. The van der Waals surface area contributed by atoms with E-state index in [0.717, 1.165) is 11.6 Å². The van der Waals surface area contributed by atoms with Gasteiger partial charge in [0.15, 0.2) is 17.7 Å². The summed E-state index contributed by atoms with van der Waals surface area (Å²) in [6, 6.07) is 14.1. The fourth-order valence-electron chi connectivity index (χ4n) is 2.51. The van der Waals surface area contributed by atoms with Crippen molar-refractivity contribution in [1.29, 1.82) is 0 Å². The SMILES string of the molecule is COc1ccc(/C=C/C(=O)O[C@H](C)C(=O)NC[C@@H](C)c2ccccc2)cc1F. The van der Waals surface area contributed by atoms with Gasteiger partial charge < -0.3 is 14.8 Å². The third-order valence-corrected chi connectivity index (χ3v) is 4.20. The second-order valence-electron chi connectivity index (χ2n) is 6.36. The van der Waals surface area contributed by atoms with Gasteiger partial charge in [-0.1, -0.05) is 43.3 Å². The summed E-state index contributed by atoms with van der Waals surface area (Å²) in [6.45, 7) is 3.94. The van der Waals surface area contributed by atoms with Crippen LogP contribution in [0.5, 0.6) is 5.75 Å². The first kappa shape index (κ1) is 21.2. The van der Waals surface area contributed by atoms with Crippen LogP contribution in [0.1, 0.15) is 30.9 Å². The summed E-state index contributed by atoms with van der Waals surface area (Å²) in [7, 11) is 1.37. The van der Waals surface area contributed by atoms with Crippen LogP contribution in [0.3, 0.4) is 0 Å². The summed E-state index contributed by atoms with van der Waals surface area (Å²) < 4.78 is 23.6. The first-order chi connectivity index (χ1) is 13.4. The Hall–Kier alpha value is -3.15. The molecule has 2 aromatic rings. The van der Waals surface area contributed by atoms with Gasteiger partial charge in [0, 0.05) is 12.6 Å². The van der Waals surface area contributed by atoms with E-state index in [1.54, 1.807) is 6.07 Å². The highest BCUT2D eigenvalue weighted by molar-refractivity contribution is 5.90. The van der Waals surface area contributed by atoms with E-state index in [0.29, 0.717) is 12.1 Å². The molecule has 0 fully saturated rings. The highest BCUT2D eigenvalue weighted by atomic mass is 19.1. The number of ether oxygens (including phenoxy) is 2. The Bertz CT molecular complexity index is 836. The van der Waals surface area contributed by atoms with Crippen molar-refractivity contribution in [1.82, 2.24) is 5.32 Å². The molecule has 0 aromatic heterocycles. The number of carbonyl (C=O) groups is 2. The molecule has 0 radical (unpaired) electrons. The Morgan fingerprint density at radius 2 is 1.86 bits per heavy atom. The van der Waals surface area contributed by atoms with Crippen molar-refractivity contribution in [3.05, 3.63) is 71.6 Å². The molecule has 1 N–H and O–H groups in total. The average Bonchev–Trinajstić information content (AvgIpc) is 2.70. The van der Waals surface area contributed by atoms with Crippen molar-refractivity contribution in [2.45, 2.75) is 25.9 Å². The zero-order valence-corrected chi connectivity index (χ0v) is 16.1. The van der Waals surface area contributed by atoms with Crippen LogP contribution in [0.15, 0.2) is 54.6 Å². The molecule has 0 aliphatic carbocycles. The Labute approximate surface area is 164 Å². The Morgan fingerprint density at radius 3 is 2.50 bits per heavy atom. The van der Waals surface area contributed by atoms with Gasteiger partial charge in [-0.05, 0) is 42.2 Å². The molecule has 5 nitrogen and oxygen atoms in total. The zero-order chi connectivity index (χ0) is 20.5. The van der Waals surface area contributed by atoms with E-state index in [4.69, 9.17) is 9.47 Å². The number of hydrogen-bond donors (Lipinski definition) is 1. The van der Waals surface area contributed by atoms with Crippen LogP contribution in [0.2, 0.25) is 0 Å². The molecule has 28 heavy (non-hydrogen) atoms. The highest BCUT2D eigenvalue weighted by Crippen LogP contribution is 2.18. The van der Waals surface area contributed by atoms with Crippen LogP contribution in [-0.4, -0.2) is 31.6 Å². The van der Waals surface area contributed by atoms with Gasteiger partial charge in [0.25, 0.3) is 5.91 Å². The first-order valence-corrected chi connectivity index (χ1v) is 8.95. The van der Waals surface area contributed by atoms with Crippen LogP contribution in [0.4, 0.5) is 4.39 Å². The number of halogens is 1. The fourth-order valence-corrected chi connectivity index (χ4v) is 2.51. The van der Waals surface area contributed by atoms with Gasteiger partial charge in [-0.15, -0.1) is 0 Å².